The maximum atomic E-state index is 11.8. The van der Waals surface area contributed by atoms with Crippen molar-refractivity contribution in [1.29, 1.82) is 0 Å². The SMILES string of the molecule is CCCOc1ccc2c(c1)C(c1ccc(OC)cc1-c1cccc(C(=O)O)c1)CC2c1ccc2c(c1)OCO2. The van der Waals surface area contributed by atoms with E-state index in [-0.39, 0.29) is 24.2 Å². The summed E-state index contributed by atoms with van der Waals surface area (Å²) >= 11 is 0. The van der Waals surface area contributed by atoms with Gasteiger partial charge >= 0.3 is 5.97 Å². The number of carboxylic acid groups (broad SMARTS) is 1. The van der Waals surface area contributed by atoms with E-state index < -0.39 is 5.97 Å². The smallest absolute Gasteiger partial charge is 0.335 e. The third kappa shape index (κ3) is 4.67. The van der Waals surface area contributed by atoms with Gasteiger partial charge in [0.05, 0.1) is 19.3 Å². The quantitative estimate of drug-likeness (QED) is 0.263. The second-order valence-electron chi connectivity index (χ2n) is 9.93. The number of methoxy groups -OCH3 is 1. The molecule has 0 radical (unpaired) electrons. The minimum atomic E-state index is -0.951. The van der Waals surface area contributed by atoms with Crippen LogP contribution in [0, 0.1) is 0 Å². The monoisotopic (exact) mass is 522 g/mol. The molecule has 2 unspecified atom stereocenters. The van der Waals surface area contributed by atoms with Gasteiger partial charge in [0.15, 0.2) is 11.5 Å². The van der Waals surface area contributed by atoms with Crippen molar-refractivity contribution in [2.75, 3.05) is 20.5 Å². The highest BCUT2D eigenvalue weighted by molar-refractivity contribution is 5.89. The van der Waals surface area contributed by atoms with Crippen molar-refractivity contribution in [2.24, 2.45) is 0 Å². The minimum absolute atomic E-state index is 0.0648. The molecule has 39 heavy (non-hydrogen) atoms. The molecule has 0 spiro atoms. The van der Waals surface area contributed by atoms with Gasteiger partial charge in [0.2, 0.25) is 6.79 Å². The Morgan fingerprint density at radius 2 is 1.69 bits per heavy atom. The average molecular weight is 523 g/mol. The Morgan fingerprint density at radius 1 is 0.872 bits per heavy atom. The Balaban J connectivity index is 1.49. The van der Waals surface area contributed by atoms with Crippen LogP contribution < -0.4 is 18.9 Å². The summed E-state index contributed by atoms with van der Waals surface area (Å²) in [7, 11) is 1.64. The van der Waals surface area contributed by atoms with Crippen LogP contribution in [0.1, 0.15) is 64.2 Å². The van der Waals surface area contributed by atoms with Gasteiger partial charge in [-0.1, -0.05) is 37.3 Å². The van der Waals surface area contributed by atoms with Crippen LogP contribution in [0.4, 0.5) is 0 Å². The molecule has 0 saturated heterocycles. The van der Waals surface area contributed by atoms with E-state index in [1.165, 1.54) is 16.7 Å². The zero-order valence-electron chi connectivity index (χ0n) is 22.0. The Morgan fingerprint density at radius 3 is 2.51 bits per heavy atom. The summed E-state index contributed by atoms with van der Waals surface area (Å²) < 4.78 is 22.9. The topological polar surface area (TPSA) is 74.2 Å². The lowest BCUT2D eigenvalue weighted by atomic mass is 9.85. The molecular formula is C33H30O6. The molecule has 4 aromatic rings. The van der Waals surface area contributed by atoms with Crippen molar-refractivity contribution in [3.8, 4) is 34.1 Å². The van der Waals surface area contributed by atoms with E-state index in [0.717, 1.165) is 52.5 Å². The normalized spacial score (nSPS) is 17.1. The zero-order valence-corrected chi connectivity index (χ0v) is 22.0. The Hall–Kier alpha value is -4.45. The van der Waals surface area contributed by atoms with Crippen LogP contribution in [0.5, 0.6) is 23.0 Å². The third-order valence-electron chi connectivity index (χ3n) is 7.61. The van der Waals surface area contributed by atoms with Gasteiger partial charge in [0, 0.05) is 11.8 Å². The molecule has 4 aromatic carbocycles. The lowest BCUT2D eigenvalue weighted by Crippen LogP contribution is -2.02. The first kappa shape index (κ1) is 24.9. The van der Waals surface area contributed by atoms with E-state index in [1.54, 1.807) is 25.3 Å². The van der Waals surface area contributed by atoms with Gasteiger partial charge in [0.25, 0.3) is 0 Å². The van der Waals surface area contributed by atoms with Crippen LogP contribution in [0.15, 0.2) is 78.9 Å². The summed E-state index contributed by atoms with van der Waals surface area (Å²) in [5, 5.41) is 9.64. The molecule has 6 heteroatoms. The number of aromatic carboxylic acids is 1. The Kier molecular flexibility index (Phi) is 6.61. The summed E-state index contributed by atoms with van der Waals surface area (Å²) in [5.41, 5.74) is 6.82. The van der Waals surface area contributed by atoms with Crippen LogP contribution in [0.25, 0.3) is 11.1 Å². The van der Waals surface area contributed by atoms with Crippen molar-refractivity contribution in [3.63, 3.8) is 0 Å². The van der Waals surface area contributed by atoms with Crippen LogP contribution in [-0.4, -0.2) is 31.6 Å². The van der Waals surface area contributed by atoms with Crippen molar-refractivity contribution in [1.82, 2.24) is 0 Å². The predicted molar refractivity (Wildman–Crippen MR) is 148 cm³/mol. The fourth-order valence-corrected chi connectivity index (χ4v) is 5.75. The highest BCUT2D eigenvalue weighted by Gasteiger charge is 2.35. The Labute approximate surface area is 227 Å². The molecule has 1 heterocycles. The Bertz CT molecular complexity index is 1540. The van der Waals surface area contributed by atoms with E-state index in [4.69, 9.17) is 18.9 Å². The molecule has 6 rings (SSSR count). The second-order valence-corrected chi connectivity index (χ2v) is 9.93. The number of ether oxygens (including phenoxy) is 4. The van der Waals surface area contributed by atoms with Gasteiger partial charge in [-0.3, -0.25) is 0 Å². The van der Waals surface area contributed by atoms with Crippen molar-refractivity contribution < 1.29 is 28.8 Å². The average Bonchev–Trinajstić information content (AvgIpc) is 3.60. The minimum Gasteiger partial charge on any atom is -0.497 e. The van der Waals surface area contributed by atoms with E-state index in [2.05, 4.69) is 43.3 Å². The molecule has 0 saturated carbocycles. The van der Waals surface area contributed by atoms with Crippen LogP contribution in [-0.2, 0) is 0 Å². The van der Waals surface area contributed by atoms with Gasteiger partial charge < -0.3 is 24.1 Å². The largest absolute Gasteiger partial charge is 0.497 e. The molecule has 0 bridgehead atoms. The lowest BCUT2D eigenvalue weighted by Gasteiger charge is -2.19. The lowest BCUT2D eigenvalue weighted by molar-refractivity contribution is 0.0697. The molecule has 2 atom stereocenters. The molecule has 1 aliphatic carbocycles. The summed E-state index contributed by atoms with van der Waals surface area (Å²) in [4.78, 5) is 11.8. The number of hydrogen-bond donors (Lipinski definition) is 1. The highest BCUT2D eigenvalue weighted by Crippen LogP contribution is 2.52. The number of carbonyl (C=O) groups is 1. The second kappa shape index (κ2) is 10.4. The van der Waals surface area contributed by atoms with Crippen LogP contribution >= 0.6 is 0 Å². The van der Waals surface area contributed by atoms with E-state index in [1.807, 2.05) is 24.3 Å². The van der Waals surface area contributed by atoms with Gasteiger partial charge in [-0.2, -0.15) is 0 Å². The van der Waals surface area contributed by atoms with Crippen molar-refractivity contribution in [3.05, 3.63) is 107 Å². The fourth-order valence-electron chi connectivity index (χ4n) is 5.75. The third-order valence-corrected chi connectivity index (χ3v) is 7.61. The van der Waals surface area contributed by atoms with Gasteiger partial charge in [-0.05, 0) is 94.8 Å². The molecule has 2 aliphatic rings. The number of fused-ring (bicyclic) bond motifs is 2. The van der Waals surface area contributed by atoms with E-state index >= 15 is 0 Å². The predicted octanol–water partition coefficient (Wildman–Crippen LogP) is 7.25. The standard InChI is InChI=1S/C33H30O6/c1-3-13-37-24-9-11-26-28(21-7-12-31-32(15-21)39-19-38-31)18-30(29(26)17-24)25-10-8-23(36-2)16-27(25)20-5-4-6-22(14-20)33(34)35/h4-12,14-17,28,30H,3,13,18-19H2,1-2H3,(H,34,35). The first-order chi connectivity index (χ1) is 19.1. The number of benzene rings is 4. The van der Waals surface area contributed by atoms with Crippen molar-refractivity contribution in [2.45, 2.75) is 31.6 Å². The van der Waals surface area contributed by atoms with Gasteiger partial charge in [-0.25, -0.2) is 4.79 Å². The van der Waals surface area contributed by atoms with Crippen LogP contribution in [0.3, 0.4) is 0 Å². The first-order valence-corrected chi connectivity index (χ1v) is 13.2. The summed E-state index contributed by atoms with van der Waals surface area (Å²) in [6.07, 6.45) is 1.78. The maximum Gasteiger partial charge on any atom is 0.335 e. The molecule has 6 nitrogen and oxygen atoms in total. The van der Waals surface area contributed by atoms with E-state index in [9.17, 15) is 9.90 Å². The fraction of sp³-hybridized carbons (Fsp3) is 0.242. The first-order valence-electron chi connectivity index (χ1n) is 13.2. The molecule has 1 N–H and O–H groups in total. The maximum absolute atomic E-state index is 11.8. The molecule has 1 aliphatic heterocycles. The summed E-state index contributed by atoms with van der Waals surface area (Å²) in [6, 6.07) is 25.8. The summed E-state index contributed by atoms with van der Waals surface area (Å²) in [6.45, 7) is 3.00. The molecular weight excluding hydrogens is 492 g/mol. The highest BCUT2D eigenvalue weighted by atomic mass is 16.7. The van der Waals surface area contributed by atoms with Crippen molar-refractivity contribution >= 4 is 5.97 Å². The number of rotatable bonds is 8. The van der Waals surface area contributed by atoms with Crippen LogP contribution in [0.2, 0.25) is 0 Å². The molecule has 0 aromatic heterocycles. The molecule has 0 fully saturated rings. The number of carboxylic acids is 1. The molecule has 198 valence electrons. The van der Waals surface area contributed by atoms with Gasteiger partial charge in [-0.15, -0.1) is 0 Å². The zero-order chi connectivity index (χ0) is 26.9. The summed E-state index contributed by atoms with van der Waals surface area (Å²) in [5.74, 6) is 2.39. The molecule has 0 amide bonds. The van der Waals surface area contributed by atoms with E-state index in [0.29, 0.717) is 6.61 Å². The number of hydrogen-bond acceptors (Lipinski definition) is 5. The van der Waals surface area contributed by atoms with Gasteiger partial charge in [0.1, 0.15) is 11.5 Å².